The number of carbonyl (C=O) groups is 2. The summed E-state index contributed by atoms with van der Waals surface area (Å²) in [4.78, 5) is 24.0. The first-order valence-electron chi connectivity index (χ1n) is 6.88. The standard InChI is InChI=1S/C16H18N2O4/c1-9-5-10(2)7-13(6-9)16(20)21-12(4)15(19)17-14-8-11(3)22-18-14/h5-8,12H,1-4H3,(H,17,18,19)/t12-/m0/s1. The minimum atomic E-state index is -0.940. The van der Waals surface area contributed by atoms with E-state index in [2.05, 4.69) is 10.5 Å². The van der Waals surface area contributed by atoms with Crippen LogP contribution < -0.4 is 5.32 Å². The van der Waals surface area contributed by atoms with Crippen molar-refractivity contribution in [2.45, 2.75) is 33.8 Å². The van der Waals surface area contributed by atoms with Gasteiger partial charge in [-0.2, -0.15) is 0 Å². The normalized spacial score (nSPS) is 11.8. The molecule has 116 valence electrons. The van der Waals surface area contributed by atoms with E-state index in [0.717, 1.165) is 11.1 Å². The Morgan fingerprint density at radius 3 is 2.32 bits per heavy atom. The van der Waals surface area contributed by atoms with Crippen LogP contribution in [0.5, 0.6) is 0 Å². The van der Waals surface area contributed by atoms with Crippen LogP contribution in [0.15, 0.2) is 28.8 Å². The first-order chi connectivity index (χ1) is 10.3. The number of hydrogen-bond acceptors (Lipinski definition) is 5. The Morgan fingerprint density at radius 1 is 1.14 bits per heavy atom. The topological polar surface area (TPSA) is 81.4 Å². The lowest BCUT2D eigenvalue weighted by atomic mass is 10.1. The molecule has 1 aromatic heterocycles. The van der Waals surface area contributed by atoms with E-state index in [1.165, 1.54) is 6.92 Å². The molecular formula is C16H18N2O4. The third-order valence-electron chi connectivity index (χ3n) is 2.99. The summed E-state index contributed by atoms with van der Waals surface area (Å²) in [6.45, 7) is 7.01. The first kappa shape index (κ1) is 15.8. The second kappa shape index (κ2) is 6.43. The lowest BCUT2D eigenvalue weighted by Gasteiger charge is -2.13. The number of carbonyl (C=O) groups excluding carboxylic acids is 2. The summed E-state index contributed by atoms with van der Waals surface area (Å²) in [5, 5.41) is 6.17. The molecule has 22 heavy (non-hydrogen) atoms. The van der Waals surface area contributed by atoms with Crippen LogP contribution in [0, 0.1) is 20.8 Å². The molecule has 1 aromatic carbocycles. The van der Waals surface area contributed by atoms with E-state index in [4.69, 9.17) is 9.26 Å². The van der Waals surface area contributed by atoms with E-state index in [1.54, 1.807) is 25.1 Å². The summed E-state index contributed by atoms with van der Waals surface area (Å²) in [6, 6.07) is 6.98. The predicted molar refractivity (Wildman–Crippen MR) is 80.7 cm³/mol. The van der Waals surface area contributed by atoms with Crippen LogP contribution >= 0.6 is 0 Å². The van der Waals surface area contributed by atoms with Gasteiger partial charge in [0.25, 0.3) is 5.91 Å². The molecule has 2 aromatic rings. The maximum atomic E-state index is 12.1. The molecule has 0 spiro atoms. The van der Waals surface area contributed by atoms with Crippen LogP contribution in [0.25, 0.3) is 0 Å². The average molecular weight is 302 g/mol. The van der Waals surface area contributed by atoms with Crippen molar-refractivity contribution in [2.75, 3.05) is 5.32 Å². The summed E-state index contributed by atoms with van der Waals surface area (Å²) in [6.07, 6.45) is -0.940. The van der Waals surface area contributed by atoms with Gasteiger partial charge in [0.05, 0.1) is 5.56 Å². The second-order valence-corrected chi connectivity index (χ2v) is 5.24. The highest BCUT2D eigenvalue weighted by Gasteiger charge is 2.20. The lowest BCUT2D eigenvalue weighted by Crippen LogP contribution is -2.30. The summed E-state index contributed by atoms with van der Waals surface area (Å²) in [7, 11) is 0. The number of nitrogens with zero attached hydrogens (tertiary/aromatic N) is 1. The van der Waals surface area contributed by atoms with Crippen molar-refractivity contribution in [3.8, 4) is 0 Å². The Balaban J connectivity index is 1.99. The highest BCUT2D eigenvalue weighted by Crippen LogP contribution is 2.12. The molecule has 0 radical (unpaired) electrons. The molecule has 1 atom stereocenters. The third kappa shape index (κ3) is 3.94. The van der Waals surface area contributed by atoms with Crippen molar-refractivity contribution in [2.24, 2.45) is 0 Å². The minimum Gasteiger partial charge on any atom is -0.449 e. The van der Waals surface area contributed by atoms with Gasteiger partial charge in [-0.25, -0.2) is 4.79 Å². The molecule has 1 heterocycles. The van der Waals surface area contributed by atoms with Crippen LogP contribution in [0.2, 0.25) is 0 Å². The Morgan fingerprint density at radius 2 is 1.77 bits per heavy atom. The maximum absolute atomic E-state index is 12.1. The molecule has 6 nitrogen and oxygen atoms in total. The summed E-state index contributed by atoms with van der Waals surface area (Å²) in [5.41, 5.74) is 2.35. The van der Waals surface area contributed by atoms with Gasteiger partial charge in [-0.3, -0.25) is 4.79 Å². The smallest absolute Gasteiger partial charge is 0.338 e. The van der Waals surface area contributed by atoms with Gasteiger partial charge < -0.3 is 14.6 Å². The summed E-state index contributed by atoms with van der Waals surface area (Å²) < 4.78 is 10.0. The Bertz CT molecular complexity index is 686. The van der Waals surface area contributed by atoms with Gasteiger partial charge in [-0.15, -0.1) is 0 Å². The number of anilines is 1. The number of rotatable bonds is 4. The number of amides is 1. The van der Waals surface area contributed by atoms with E-state index in [9.17, 15) is 9.59 Å². The highest BCUT2D eigenvalue weighted by atomic mass is 16.5. The zero-order valence-corrected chi connectivity index (χ0v) is 13.0. The van der Waals surface area contributed by atoms with Crippen LogP contribution in [0.1, 0.15) is 34.2 Å². The van der Waals surface area contributed by atoms with Crippen molar-refractivity contribution in [3.63, 3.8) is 0 Å². The quantitative estimate of drug-likeness (QED) is 0.878. The van der Waals surface area contributed by atoms with E-state index >= 15 is 0 Å². The fraction of sp³-hybridized carbons (Fsp3) is 0.312. The second-order valence-electron chi connectivity index (χ2n) is 5.24. The molecule has 0 aliphatic carbocycles. The van der Waals surface area contributed by atoms with Crippen molar-refractivity contribution < 1.29 is 18.8 Å². The van der Waals surface area contributed by atoms with Gasteiger partial charge >= 0.3 is 5.97 Å². The molecule has 0 aliphatic rings. The summed E-state index contributed by atoms with van der Waals surface area (Å²) >= 11 is 0. The van der Waals surface area contributed by atoms with Crippen LogP contribution in [0.3, 0.4) is 0 Å². The number of ether oxygens (including phenoxy) is 1. The molecular weight excluding hydrogens is 284 g/mol. The number of esters is 1. The molecule has 6 heteroatoms. The Labute approximate surface area is 128 Å². The largest absolute Gasteiger partial charge is 0.449 e. The first-order valence-corrected chi connectivity index (χ1v) is 6.88. The van der Waals surface area contributed by atoms with Crippen molar-refractivity contribution in [1.82, 2.24) is 5.16 Å². The predicted octanol–water partition coefficient (Wildman–Crippen LogP) is 2.78. The van der Waals surface area contributed by atoms with Gasteiger partial charge in [-0.1, -0.05) is 22.3 Å². The van der Waals surface area contributed by atoms with E-state index in [-0.39, 0.29) is 5.82 Å². The fourth-order valence-corrected chi connectivity index (χ4v) is 2.03. The average Bonchev–Trinajstić information content (AvgIpc) is 2.82. The number of hydrogen-bond donors (Lipinski definition) is 1. The molecule has 1 amide bonds. The van der Waals surface area contributed by atoms with Gasteiger partial charge in [0.15, 0.2) is 11.9 Å². The van der Waals surface area contributed by atoms with Gasteiger partial charge in [0, 0.05) is 6.07 Å². The molecule has 0 unspecified atom stereocenters. The molecule has 0 bridgehead atoms. The Hall–Kier alpha value is -2.63. The van der Waals surface area contributed by atoms with Crippen molar-refractivity contribution in [1.29, 1.82) is 0 Å². The Kier molecular flexibility index (Phi) is 4.60. The van der Waals surface area contributed by atoms with Gasteiger partial charge in [-0.05, 0) is 39.8 Å². The van der Waals surface area contributed by atoms with E-state index in [0.29, 0.717) is 11.3 Å². The molecule has 0 fully saturated rings. The number of aromatic nitrogens is 1. The molecule has 0 saturated heterocycles. The zero-order valence-electron chi connectivity index (χ0n) is 13.0. The highest BCUT2D eigenvalue weighted by molar-refractivity contribution is 5.96. The number of aryl methyl sites for hydroxylation is 3. The number of benzene rings is 1. The summed E-state index contributed by atoms with van der Waals surface area (Å²) in [5.74, 6) is -0.135. The van der Waals surface area contributed by atoms with Gasteiger partial charge in [0.1, 0.15) is 5.76 Å². The minimum absolute atomic E-state index is 0.289. The number of nitrogens with one attached hydrogen (secondary N) is 1. The zero-order chi connectivity index (χ0) is 16.3. The van der Waals surface area contributed by atoms with Crippen molar-refractivity contribution in [3.05, 3.63) is 46.7 Å². The van der Waals surface area contributed by atoms with Crippen molar-refractivity contribution >= 4 is 17.7 Å². The molecule has 0 aliphatic heterocycles. The SMILES string of the molecule is Cc1cc(C)cc(C(=O)O[C@@H](C)C(=O)Nc2cc(C)on2)c1. The molecule has 0 saturated carbocycles. The van der Waals surface area contributed by atoms with Crippen LogP contribution in [0.4, 0.5) is 5.82 Å². The third-order valence-corrected chi connectivity index (χ3v) is 2.99. The molecule has 2 rings (SSSR count). The van der Waals surface area contributed by atoms with Crippen LogP contribution in [-0.2, 0) is 9.53 Å². The van der Waals surface area contributed by atoms with Gasteiger partial charge in [0.2, 0.25) is 0 Å². The molecule has 1 N–H and O–H groups in total. The van der Waals surface area contributed by atoms with E-state index in [1.807, 2.05) is 19.9 Å². The lowest BCUT2D eigenvalue weighted by molar-refractivity contribution is -0.123. The fourth-order valence-electron chi connectivity index (χ4n) is 2.03. The maximum Gasteiger partial charge on any atom is 0.338 e. The van der Waals surface area contributed by atoms with Crippen LogP contribution in [-0.4, -0.2) is 23.1 Å². The van der Waals surface area contributed by atoms with E-state index < -0.39 is 18.0 Å². The monoisotopic (exact) mass is 302 g/mol.